The summed E-state index contributed by atoms with van der Waals surface area (Å²) >= 11 is 0. The van der Waals surface area contributed by atoms with Crippen molar-refractivity contribution < 1.29 is 48.0 Å². The Labute approximate surface area is 376 Å². The van der Waals surface area contributed by atoms with Gasteiger partial charge in [-0.1, -0.05) is 87.9 Å². The maximum Gasteiger partial charge on any atom is 0.329 e. The molecule has 350 valence electrons. The third kappa shape index (κ3) is 13.1. The van der Waals surface area contributed by atoms with Crippen LogP contribution in [0.5, 0.6) is 0 Å². The number of aliphatic hydroxyl groups is 1. The normalized spacial score (nSPS) is 36.3. The SMILES string of the molecule is CCC1C=C(C)CC(C)CC(OC)C2OC(O)(C(=O)C(=O)N3CCCCC3C(=O)OC(C(C)=CC3CCC(N)C(OCC=Cc4ccccc4)C3)C(C)CCC1=O)C(C)CC2OC. The molecule has 3 aliphatic heterocycles. The molecule has 13 atom stereocenters. The topological polar surface area (TPSA) is 164 Å². The molecule has 12 heteroatoms. The summed E-state index contributed by atoms with van der Waals surface area (Å²) in [5.41, 5.74) is 9.61. The summed E-state index contributed by atoms with van der Waals surface area (Å²) in [6.45, 7) is 12.4. The van der Waals surface area contributed by atoms with Gasteiger partial charge in [-0.15, -0.1) is 0 Å². The summed E-state index contributed by atoms with van der Waals surface area (Å²) < 4.78 is 30.9. The Morgan fingerprint density at radius 1 is 0.952 bits per heavy atom. The lowest BCUT2D eigenvalue weighted by molar-refractivity contribution is -0.302. The molecule has 63 heavy (non-hydrogen) atoms. The monoisotopic (exact) mass is 877 g/mol. The van der Waals surface area contributed by atoms with Crippen molar-refractivity contribution in [1.82, 2.24) is 4.90 Å². The smallest absolute Gasteiger partial charge is 0.329 e. The van der Waals surface area contributed by atoms with Crippen LogP contribution in [0.15, 0.2) is 59.7 Å². The maximum atomic E-state index is 14.5. The fraction of sp³-hybridized carbons (Fsp3) is 0.686. The van der Waals surface area contributed by atoms with Gasteiger partial charge in [0.15, 0.2) is 0 Å². The zero-order chi connectivity index (χ0) is 45.8. The largest absolute Gasteiger partial charge is 0.456 e. The van der Waals surface area contributed by atoms with Crippen LogP contribution >= 0.6 is 0 Å². The molecule has 0 spiro atoms. The summed E-state index contributed by atoms with van der Waals surface area (Å²) in [7, 11) is 3.12. The van der Waals surface area contributed by atoms with Crippen LogP contribution in [0.3, 0.4) is 0 Å². The van der Waals surface area contributed by atoms with Gasteiger partial charge < -0.3 is 39.4 Å². The second-order valence-corrected chi connectivity index (χ2v) is 19.0. The van der Waals surface area contributed by atoms with E-state index >= 15 is 0 Å². The highest BCUT2D eigenvalue weighted by atomic mass is 16.7. The van der Waals surface area contributed by atoms with E-state index in [1.807, 2.05) is 70.2 Å². The average molecular weight is 877 g/mol. The summed E-state index contributed by atoms with van der Waals surface area (Å²) in [6, 6.07) is 8.92. The van der Waals surface area contributed by atoms with Crippen molar-refractivity contribution in [2.45, 2.75) is 167 Å². The number of piperidine rings is 1. The number of fused-ring (bicyclic) bond motifs is 3. The van der Waals surface area contributed by atoms with Gasteiger partial charge in [-0.2, -0.15) is 0 Å². The molecule has 1 aromatic rings. The van der Waals surface area contributed by atoms with E-state index in [2.05, 4.69) is 19.1 Å². The minimum Gasteiger partial charge on any atom is -0.456 e. The number of nitrogens with zero attached hydrogens (tertiary/aromatic N) is 1. The van der Waals surface area contributed by atoms with Crippen LogP contribution in [0.4, 0.5) is 0 Å². The van der Waals surface area contributed by atoms with Gasteiger partial charge in [0.2, 0.25) is 5.79 Å². The van der Waals surface area contributed by atoms with Gasteiger partial charge in [0, 0.05) is 45.1 Å². The van der Waals surface area contributed by atoms with Gasteiger partial charge in [0.05, 0.1) is 24.9 Å². The van der Waals surface area contributed by atoms with Crippen LogP contribution in [-0.2, 0) is 42.9 Å². The third-order valence-electron chi connectivity index (χ3n) is 14.1. The van der Waals surface area contributed by atoms with Crippen LogP contribution in [-0.4, -0.2) is 109 Å². The number of rotatable bonds is 9. The number of methoxy groups -OCH3 is 2. The lowest BCUT2D eigenvalue weighted by Crippen LogP contribution is -2.64. The number of hydrogen-bond donors (Lipinski definition) is 2. The minimum atomic E-state index is -2.47. The van der Waals surface area contributed by atoms with E-state index in [9.17, 15) is 24.3 Å². The van der Waals surface area contributed by atoms with Crippen LogP contribution in [0, 0.1) is 29.6 Å². The number of Topliss-reactive ketones (excluding diaryl/α,β-unsaturated/α-hetero) is 2. The van der Waals surface area contributed by atoms with E-state index in [1.54, 1.807) is 21.1 Å². The number of ketones is 2. The summed E-state index contributed by atoms with van der Waals surface area (Å²) in [5.74, 6) is -6.13. The Morgan fingerprint density at radius 2 is 1.67 bits per heavy atom. The van der Waals surface area contributed by atoms with Gasteiger partial charge in [-0.3, -0.25) is 14.4 Å². The van der Waals surface area contributed by atoms with Crippen LogP contribution in [0.2, 0.25) is 0 Å². The Morgan fingerprint density at radius 3 is 2.37 bits per heavy atom. The number of hydrogen-bond acceptors (Lipinski definition) is 11. The number of carbonyl (C=O) groups excluding carboxylic acids is 4. The first kappa shape index (κ1) is 50.5. The van der Waals surface area contributed by atoms with Crippen molar-refractivity contribution in [2.24, 2.45) is 35.3 Å². The van der Waals surface area contributed by atoms with E-state index in [0.717, 1.165) is 29.6 Å². The molecule has 4 aliphatic rings. The number of nitrogens with two attached hydrogens (primary N) is 1. The molecular weight excluding hydrogens is 801 g/mol. The van der Waals surface area contributed by atoms with Crippen molar-refractivity contribution in [3.05, 3.63) is 65.3 Å². The predicted octanol–water partition coefficient (Wildman–Crippen LogP) is 7.55. The molecule has 1 aromatic carbocycles. The maximum absolute atomic E-state index is 14.5. The van der Waals surface area contributed by atoms with Crippen molar-refractivity contribution in [3.63, 3.8) is 0 Å². The molecule has 1 amide bonds. The Balaban J connectivity index is 1.44. The molecule has 3 heterocycles. The Hall–Kier alpha value is -3.52. The van der Waals surface area contributed by atoms with Crippen LogP contribution in [0.25, 0.3) is 6.08 Å². The van der Waals surface area contributed by atoms with Gasteiger partial charge in [-0.05, 0) is 113 Å². The second-order valence-electron chi connectivity index (χ2n) is 19.0. The van der Waals surface area contributed by atoms with Crippen molar-refractivity contribution >= 4 is 29.5 Å². The molecule has 1 aliphatic carbocycles. The number of ether oxygens (including phenoxy) is 5. The van der Waals surface area contributed by atoms with Gasteiger partial charge in [0.1, 0.15) is 24.0 Å². The van der Waals surface area contributed by atoms with Gasteiger partial charge in [-0.25, -0.2) is 4.79 Å². The van der Waals surface area contributed by atoms with Gasteiger partial charge >= 0.3 is 5.97 Å². The zero-order valence-electron chi connectivity index (χ0n) is 39.2. The molecule has 3 fully saturated rings. The van der Waals surface area contributed by atoms with Crippen LogP contribution < -0.4 is 5.73 Å². The van der Waals surface area contributed by atoms with E-state index in [-0.39, 0.29) is 54.6 Å². The molecule has 1 saturated carbocycles. The molecule has 0 aromatic heterocycles. The first-order valence-corrected chi connectivity index (χ1v) is 23.6. The average Bonchev–Trinajstić information content (AvgIpc) is 3.28. The lowest BCUT2D eigenvalue weighted by Gasteiger charge is -2.47. The van der Waals surface area contributed by atoms with Crippen molar-refractivity contribution in [3.8, 4) is 0 Å². The zero-order valence-corrected chi connectivity index (χ0v) is 39.2. The fourth-order valence-corrected chi connectivity index (χ4v) is 10.3. The van der Waals surface area contributed by atoms with E-state index < -0.39 is 59.8 Å². The molecule has 3 N–H and O–H groups in total. The molecule has 13 unspecified atom stereocenters. The minimum absolute atomic E-state index is 0.0878. The van der Waals surface area contributed by atoms with E-state index in [1.165, 1.54) is 4.90 Å². The van der Waals surface area contributed by atoms with Gasteiger partial charge in [0.25, 0.3) is 11.7 Å². The highest BCUT2D eigenvalue weighted by Gasteiger charge is 2.56. The standard InChI is InChI=1S/C51H76N2O10/c1-9-39-27-32(2)26-33(3)28-44(59-7)47-45(60-8)30-36(6)51(58,63-47)48(55)49(56)53-24-14-13-19-41(53)50(57)62-46(34(4)20-23-42(39)54)35(5)29-38-21-22-40(52)43(31-38)61-25-15-18-37-16-11-10-12-17-37/h10-12,15-18,27,29,33-34,36,38-41,43-47,58H,9,13-14,19-26,28,30-31,52H2,1-8H3. The third-order valence-corrected chi connectivity index (χ3v) is 14.1. The second kappa shape index (κ2) is 23.6. The number of carbonyl (C=O) groups is 4. The molecule has 0 radical (unpaired) electrons. The molecule has 2 saturated heterocycles. The highest BCUT2D eigenvalue weighted by Crippen LogP contribution is 2.39. The molecule has 5 rings (SSSR count). The fourth-order valence-electron chi connectivity index (χ4n) is 10.3. The first-order chi connectivity index (χ1) is 30.1. The number of esters is 1. The molecule has 12 nitrogen and oxygen atoms in total. The molecular formula is C51H76N2O10. The van der Waals surface area contributed by atoms with Crippen molar-refractivity contribution in [2.75, 3.05) is 27.4 Å². The van der Waals surface area contributed by atoms with E-state index in [4.69, 9.17) is 29.4 Å². The summed E-state index contributed by atoms with van der Waals surface area (Å²) in [6.07, 6.45) is 12.3. The summed E-state index contributed by atoms with van der Waals surface area (Å²) in [5, 5.41) is 12.1. The summed E-state index contributed by atoms with van der Waals surface area (Å²) in [4.78, 5) is 58.3. The number of allylic oxidation sites excluding steroid dienone is 3. The van der Waals surface area contributed by atoms with Crippen molar-refractivity contribution in [1.29, 1.82) is 0 Å². The quantitative estimate of drug-likeness (QED) is 0.143. The number of cyclic esters (lactones) is 1. The highest BCUT2D eigenvalue weighted by molar-refractivity contribution is 6.39. The van der Waals surface area contributed by atoms with Crippen LogP contribution in [0.1, 0.15) is 124 Å². The molecule has 2 bridgehead atoms. The predicted molar refractivity (Wildman–Crippen MR) is 243 cm³/mol. The first-order valence-electron chi connectivity index (χ1n) is 23.6. The van der Waals surface area contributed by atoms with E-state index in [0.29, 0.717) is 64.4 Å². The Kier molecular flexibility index (Phi) is 18.9. The number of amides is 1. The number of benzene rings is 1. The lowest BCUT2D eigenvalue weighted by atomic mass is 9.81. The Bertz CT molecular complexity index is 1780.